The van der Waals surface area contributed by atoms with E-state index >= 15 is 0 Å². The summed E-state index contributed by atoms with van der Waals surface area (Å²) in [6.07, 6.45) is 0.174. The molecule has 0 aliphatic rings. The number of rotatable bonds is 4. The molecular weight excluding hydrogens is 242 g/mol. The molecule has 19 heavy (non-hydrogen) atoms. The highest BCUT2D eigenvalue weighted by molar-refractivity contribution is 6.04. The van der Waals surface area contributed by atoms with Crippen molar-refractivity contribution in [1.29, 1.82) is 0 Å². The van der Waals surface area contributed by atoms with Gasteiger partial charge in [0.25, 0.3) is 0 Å². The number of benzene rings is 2. The molecule has 2 aromatic carbocycles. The van der Waals surface area contributed by atoms with E-state index in [0.29, 0.717) is 5.56 Å². The van der Waals surface area contributed by atoms with Crippen molar-refractivity contribution in [2.45, 2.75) is 6.42 Å². The molecule has 1 amide bonds. The van der Waals surface area contributed by atoms with Gasteiger partial charge in [0.1, 0.15) is 6.61 Å². The fourth-order valence-corrected chi connectivity index (χ4v) is 1.84. The summed E-state index contributed by atoms with van der Waals surface area (Å²) < 4.78 is 5.11. The number of esters is 1. The van der Waals surface area contributed by atoms with Crippen LogP contribution in [-0.2, 0) is 9.53 Å². The molecule has 2 aromatic rings. The summed E-state index contributed by atoms with van der Waals surface area (Å²) in [5.41, 5.74) is 0.523. The fraction of sp³-hybridized carbons (Fsp3) is 0.200. The van der Waals surface area contributed by atoms with Gasteiger partial charge in [0, 0.05) is 7.05 Å². The molecule has 0 saturated carbocycles. The minimum absolute atomic E-state index is 0.0850. The first-order valence-electron chi connectivity index (χ1n) is 6.08. The molecule has 0 saturated heterocycles. The van der Waals surface area contributed by atoms with Crippen molar-refractivity contribution in [3.8, 4) is 0 Å². The number of amides is 1. The number of ether oxygens (including phenoxy) is 1. The van der Waals surface area contributed by atoms with Crippen molar-refractivity contribution in [3.05, 3.63) is 48.0 Å². The van der Waals surface area contributed by atoms with Gasteiger partial charge in [-0.15, -0.1) is 0 Å². The molecule has 4 heteroatoms. The van der Waals surface area contributed by atoms with Crippen LogP contribution in [0.15, 0.2) is 42.5 Å². The molecule has 98 valence electrons. The van der Waals surface area contributed by atoms with Gasteiger partial charge in [-0.3, -0.25) is 4.79 Å². The number of nitrogens with one attached hydrogen (secondary N) is 1. The first-order valence-corrected chi connectivity index (χ1v) is 6.08. The maximum atomic E-state index is 12.0. The number of fused-ring (bicyclic) bond motifs is 1. The average Bonchev–Trinajstić information content (AvgIpc) is 2.46. The Hall–Kier alpha value is -2.36. The van der Waals surface area contributed by atoms with E-state index < -0.39 is 5.97 Å². The summed E-state index contributed by atoms with van der Waals surface area (Å²) in [5, 5.41) is 4.32. The van der Waals surface area contributed by atoms with Gasteiger partial charge in [0.05, 0.1) is 12.0 Å². The third-order valence-electron chi connectivity index (χ3n) is 2.85. The summed E-state index contributed by atoms with van der Waals surface area (Å²) in [6.45, 7) is 0.0850. The summed E-state index contributed by atoms with van der Waals surface area (Å²) in [7, 11) is 1.55. The van der Waals surface area contributed by atoms with Gasteiger partial charge >= 0.3 is 5.97 Å². The quantitative estimate of drug-likeness (QED) is 0.854. The molecule has 0 aromatic heterocycles. The lowest BCUT2D eigenvalue weighted by Crippen LogP contribution is -2.20. The monoisotopic (exact) mass is 257 g/mol. The summed E-state index contributed by atoms with van der Waals surface area (Å²) in [6, 6.07) is 13.1. The van der Waals surface area contributed by atoms with Crippen LogP contribution in [-0.4, -0.2) is 25.5 Å². The molecule has 0 aliphatic carbocycles. The minimum atomic E-state index is -0.402. The van der Waals surface area contributed by atoms with Crippen LogP contribution in [0, 0.1) is 0 Å². The lowest BCUT2D eigenvalue weighted by atomic mass is 10.1. The summed E-state index contributed by atoms with van der Waals surface area (Å²) in [5.74, 6) is -0.550. The normalized spacial score (nSPS) is 10.2. The van der Waals surface area contributed by atoms with Gasteiger partial charge in [-0.25, -0.2) is 4.79 Å². The van der Waals surface area contributed by atoms with Crippen LogP contribution in [0.1, 0.15) is 16.8 Å². The third-order valence-corrected chi connectivity index (χ3v) is 2.85. The predicted molar refractivity (Wildman–Crippen MR) is 72.9 cm³/mol. The molecule has 0 atom stereocenters. The average molecular weight is 257 g/mol. The van der Waals surface area contributed by atoms with Gasteiger partial charge in [0.15, 0.2) is 0 Å². The zero-order chi connectivity index (χ0) is 13.7. The van der Waals surface area contributed by atoms with Crippen LogP contribution in [0.2, 0.25) is 0 Å². The Balaban J connectivity index is 2.11. The first-order chi connectivity index (χ1) is 9.22. The van der Waals surface area contributed by atoms with Crippen molar-refractivity contribution in [1.82, 2.24) is 5.32 Å². The number of hydrogen-bond acceptors (Lipinski definition) is 3. The molecule has 0 heterocycles. The smallest absolute Gasteiger partial charge is 0.338 e. The van der Waals surface area contributed by atoms with Gasteiger partial charge < -0.3 is 10.1 Å². The Kier molecular flexibility index (Phi) is 4.13. The Bertz CT molecular complexity index is 602. The molecule has 0 fully saturated rings. The lowest BCUT2D eigenvalue weighted by Gasteiger charge is -2.07. The van der Waals surface area contributed by atoms with E-state index in [1.54, 1.807) is 13.1 Å². The van der Waals surface area contributed by atoms with Gasteiger partial charge in [-0.1, -0.05) is 36.4 Å². The van der Waals surface area contributed by atoms with Gasteiger partial charge in [-0.05, 0) is 16.8 Å². The van der Waals surface area contributed by atoms with E-state index in [0.717, 1.165) is 10.8 Å². The van der Waals surface area contributed by atoms with Crippen molar-refractivity contribution in [2.75, 3.05) is 13.7 Å². The summed E-state index contributed by atoms with van der Waals surface area (Å²) >= 11 is 0. The highest BCUT2D eigenvalue weighted by atomic mass is 16.5. The molecule has 0 spiro atoms. The minimum Gasteiger partial charge on any atom is -0.462 e. The Morgan fingerprint density at radius 3 is 2.63 bits per heavy atom. The molecule has 0 bridgehead atoms. The first kappa shape index (κ1) is 13.1. The predicted octanol–water partition coefficient (Wildman–Crippen LogP) is 2.13. The van der Waals surface area contributed by atoms with Crippen molar-refractivity contribution < 1.29 is 14.3 Å². The molecule has 4 nitrogen and oxygen atoms in total. The second-order valence-electron chi connectivity index (χ2n) is 4.09. The lowest BCUT2D eigenvalue weighted by molar-refractivity contribution is -0.121. The molecule has 0 radical (unpaired) electrons. The standard InChI is InChI=1S/C15H15NO3/c1-16-14(17)9-10-19-15(18)13-8-4-6-11-5-2-3-7-12(11)13/h2-8H,9-10H2,1H3,(H,16,17). The van der Waals surface area contributed by atoms with E-state index in [4.69, 9.17) is 4.74 Å². The number of carbonyl (C=O) groups is 2. The SMILES string of the molecule is CNC(=O)CCOC(=O)c1cccc2ccccc12. The fourth-order valence-electron chi connectivity index (χ4n) is 1.84. The molecular formula is C15H15NO3. The van der Waals surface area contributed by atoms with Gasteiger partial charge in [-0.2, -0.15) is 0 Å². The molecule has 0 aliphatic heterocycles. The highest BCUT2D eigenvalue weighted by Crippen LogP contribution is 2.19. The van der Waals surface area contributed by atoms with Crippen LogP contribution in [0.4, 0.5) is 0 Å². The number of hydrogen-bond donors (Lipinski definition) is 1. The highest BCUT2D eigenvalue weighted by Gasteiger charge is 2.11. The maximum absolute atomic E-state index is 12.0. The molecule has 2 rings (SSSR count). The van der Waals surface area contributed by atoms with E-state index in [1.165, 1.54) is 0 Å². The van der Waals surface area contributed by atoms with Crippen LogP contribution >= 0.6 is 0 Å². The van der Waals surface area contributed by atoms with E-state index in [1.807, 2.05) is 36.4 Å². The van der Waals surface area contributed by atoms with Crippen LogP contribution in [0.5, 0.6) is 0 Å². The van der Waals surface area contributed by atoms with Crippen LogP contribution in [0.25, 0.3) is 10.8 Å². The number of carbonyl (C=O) groups excluding carboxylic acids is 2. The molecule has 0 unspecified atom stereocenters. The zero-order valence-electron chi connectivity index (χ0n) is 10.7. The van der Waals surface area contributed by atoms with E-state index in [2.05, 4.69) is 5.32 Å². The van der Waals surface area contributed by atoms with E-state index in [9.17, 15) is 9.59 Å². The Labute approximate surface area is 111 Å². The van der Waals surface area contributed by atoms with Gasteiger partial charge in [0.2, 0.25) is 5.91 Å². The molecule has 1 N–H and O–H groups in total. The maximum Gasteiger partial charge on any atom is 0.338 e. The third kappa shape index (κ3) is 3.10. The Morgan fingerprint density at radius 1 is 1.11 bits per heavy atom. The van der Waals surface area contributed by atoms with Crippen molar-refractivity contribution in [2.24, 2.45) is 0 Å². The second kappa shape index (κ2) is 6.00. The van der Waals surface area contributed by atoms with E-state index in [-0.39, 0.29) is 18.9 Å². The van der Waals surface area contributed by atoms with Crippen LogP contribution in [0.3, 0.4) is 0 Å². The van der Waals surface area contributed by atoms with Crippen molar-refractivity contribution in [3.63, 3.8) is 0 Å². The summed E-state index contributed by atoms with van der Waals surface area (Å²) in [4.78, 5) is 23.0. The Morgan fingerprint density at radius 2 is 1.84 bits per heavy atom. The van der Waals surface area contributed by atoms with Crippen LogP contribution < -0.4 is 5.32 Å². The largest absolute Gasteiger partial charge is 0.462 e. The van der Waals surface area contributed by atoms with Crippen molar-refractivity contribution >= 4 is 22.6 Å². The zero-order valence-corrected chi connectivity index (χ0v) is 10.7. The topological polar surface area (TPSA) is 55.4 Å². The second-order valence-corrected chi connectivity index (χ2v) is 4.09.